The number of methoxy groups -OCH3 is 2. The molecule has 0 aromatic carbocycles. The highest BCUT2D eigenvalue weighted by Gasteiger charge is 2.41. The van der Waals surface area contributed by atoms with Crippen molar-refractivity contribution in [1.29, 1.82) is 0 Å². The van der Waals surface area contributed by atoms with E-state index in [1.165, 1.54) is 36.5 Å². The van der Waals surface area contributed by atoms with Crippen LogP contribution in [0, 0.1) is 0 Å². The normalized spacial score (nSPS) is 20.5. The van der Waals surface area contributed by atoms with Crippen molar-refractivity contribution in [2.45, 2.75) is 98.7 Å². The molecule has 1 aliphatic carbocycles. The summed E-state index contributed by atoms with van der Waals surface area (Å²) in [7, 11) is 2.88. The quantitative estimate of drug-likeness (QED) is 0.279. The average molecular weight is 457 g/mol. The molecule has 4 heteroatoms. The SMILES string of the molecule is CO[C@@H]1C(=O)C(C/C=C(\C)CC/C=C(\C)CC/C=C(\C)CCC=C(C)C)=C(C)C(=O)[C@@H]1OC. The Morgan fingerprint density at radius 3 is 1.58 bits per heavy atom. The number of allylic oxidation sites excluding steroid dienone is 8. The van der Waals surface area contributed by atoms with Crippen molar-refractivity contribution >= 4 is 11.6 Å². The van der Waals surface area contributed by atoms with E-state index in [1.807, 2.05) is 0 Å². The van der Waals surface area contributed by atoms with Crippen LogP contribution in [0.15, 0.2) is 57.7 Å². The maximum absolute atomic E-state index is 12.8. The maximum Gasteiger partial charge on any atom is 0.191 e. The summed E-state index contributed by atoms with van der Waals surface area (Å²) in [5.74, 6) is -0.310. The monoisotopic (exact) mass is 456 g/mol. The van der Waals surface area contributed by atoms with E-state index in [0.29, 0.717) is 17.6 Å². The molecule has 0 amide bonds. The standard InChI is InChI=1S/C29H44O4/c1-20(2)12-9-13-21(3)14-10-15-22(4)16-11-17-23(5)18-19-25-24(6)26(30)28(32-7)29(33-8)27(25)31/h12,14,16,18,28-29H,9-11,13,15,17,19H2,1-8H3/b21-14+,22-16+,23-18+/t28-,29+/m0/s1. The van der Waals surface area contributed by atoms with Gasteiger partial charge in [0.25, 0.3) is 0 Å². The van der Waals surface area contributed by atoms with E-state index in [1.54, 1.807) is 6.92 Å². The number of carbonyl (C=O) groups is 2. The Morgan fingerprint density at radius 1 is 0.697 bits per heavy atom. The van der Waals surface area contributed by atoms with Gasteiger partial charge in [0.2, 0.25) is 0 Å². The predicted molar refractivity (Wildman–Crippen MR) is 137 cm³/mol. The van der Waals surface area contributed by atoms with Crippen LogP contribution in [0.1, 0.15) is 86.5 Å². The molecule has 0 aromatic rings. The van der Waals surface area contributed by atoms with Crippen molar-refractivity contribution in [3.8, 4) is 0 Å². The van der Waals surface area contributed by atoms with E-state index in [4.69, 9.17) is 9.47 Å². The summed E-state index contributed by atoms with van der Waals surface area (Å²) in [6.07, 6.45) is 14.1. The van der Waals surface area contributed by atoms with Gasteiger partial charge in [-0.1, -0.05) is 46.6 Å². The van der Waals surface area contributed by atoms with E-state index in [-0.39, 0.29) is 11.6 Å². The minimum atomic E-state index is -0.856. The Kier molecular flexibility index (Phi) is 13.2. The highest BCUT2D eigenvalue weighted by molar-refractivity contribution is 6.16. The maximum atomic E-state index is 12.8. The van der Waals surface area contributed by atoms with Gasteiger partial charge in [-0.05, 0) is 86.5 Å². The van der Waals surface area contributed by atoms with Gasteiger partial charge in [-0.15, -0.1) is 0 Å². The summed E-state index contributed by atoms with van der Waals surface area (Å²) < 4.78 is 10.5. The molecule has 0 aromatic heterocycles. The molecule has 0 aliphatic heterocycles. The second-order valence-electron chi connectivity index (χ2n) is 9.40. The van der Waals surface area contributed by atoms with Crippen LogP contribution >= 0.6 is 0 Å². The molecule has 1 rings (SSSR count). The number of Topliss-reactive ketones (excluding diaryl/α,β-unsaturated/α-hetero) is 2. The molecule has 2 atom stereocenters. The molecule has 184 valence electrons. The first-order valence-corrected chi connectivity index (χ1v) is 12.1. The van der Waals surface area contributed by atoms with Crippen LogP contribution in [-0.2, 0) is 19.1 Å². The molecule has 33 heavy (non-hydrogen) atoms. The first-order chi connectivity index (χ1) is 15.6. The summed E-state index contributed by atoms with van der Waals surface area (Å²) in [5, 5.41) is 0. The minimum absolute atomic E-state index is 0.148. The Morgan fingerprint density at radius 2 is 1.12 bits per heavy atom. The lowest BCUT2D eigenvalue weighted by Crippen LogP contribution is -2.47. The van der Waals surface area contributed by atoms with Crippen molar-refractivity contribution in [2.75, 3.05) is 14.2 Å². The average Bonchev–Trinajstić information content (AvgIpc) is 2.75. The fraction of sp³-hybridized carbons (Fsp3) is 0.586. The van der Waals surface area contributed by atoms with Gasteiger partial charge in [0.15, 0.2) is 23.8 Å². The lowest BCUT2D eigenvalue weighted by molar-refractivity contribution is -0.146. The summed E-state index contributed by atoms with van der Waals surface area (Å²) in [5.41, 5.74) is 6.51. The third kappa shape index (κ3) is 9.77. The van der Waals surface area contributed by atoms with Crippen LogP contribution in [0.25, 0.3) is 0 Å². The van der Waals surface area contributed by atoms with Gasteiger partial charge in [-0.25, -0.2) is 0 Å². The Hall–Kier alpha value is -2.04. The van der Waals surface area contributed by atoms with Gasteiger partial charge in [0.1, 0.15) is 0 Å². The van der Waals surface area contributed by atoms with Crippen molar-refractivity contribution in [3.63, 3.8) is 0 Å². The smallest absolute Gasteiger partial charge is 0.191 e. The molecule has 4 nitrogen and oxygen atoms in total. The van der Waals surface area contributed by atoms with Crippen LogP contribution < -0.4 is 0 Å². The largest absolute Gasteiger partial charge is 0.370 e. The lowest BCUT2D eigenvalue weighted by Gasteiger charge is -2.29. The summed E-state index contributed by atoms with van der Waals surface area (Å²) in [6.45, 7) is 12.5. The molecule has 0 radical (unpaired) electrons. The second kappa shape index (κ2) is 15.0. The molecule has 0 saturated heterocycles. The Labute approximate surface area is 201 Å². The molecular weight excluding hydrogens is 412 g/mol. The van der Waals surface area contributed by atoms with Crippen LogP contribution in [0.2, 0.25) is 0 Å². The van der Waals surface area contributed by atoms with Gasteiger partial charge in [-0.2, -0.15) is 0 Å². The van der Waals surface area contributed by atoms with Crippen LogP contribution in [0.4, 0.5) is 0 Å². The number of hydrogen-bond acceptors (Lipinski definition) is 4. The zero-order valence-electron chi connectivity index (χ0n) is 22.0. The van der Waals surface area contributed by atoms with E-state index < -0.39 is 12.2 Å². The summed E-state index contributed by atoms with van der Waals surface area (Å²) >= 11 is 0. The van der Waals surface area contributed by atoms with Gasteiger partial charge >= 0.3 is 0 Å². The molecule has 0 fully saturated rings. The number of ketones is 2. The van der Waals surface area contributed by atoms with E-state index in [9.17, 15) is 9.59 Å². The van der Waals surface area contributed by atoms with E-state index in [0.717, 1.165) is 38.5 Å². The van der Waals surface area contributed by atoms with Gasteiger partial charge in [0, 0.05) is 25.4 Å². The molecule has 1 aliphatic rings. The zero-order chi connectivity index (χ0) is 25.0. The first kappa shape index (κ1) is 29.0. The van der Waals surface area contributed by atoms with Gasteiger partial charge in [0.05, 0.1) is 0 Å². The number of carbonyl (C=O) groups excluding carboxylic acids is 2. The molecule has 0 saturated carbocycles. The van der Waals surface area contributed by atoms with Crippen molar-refractivity contribution in [2.24, 2.45) is 0 Å². The Bertz CT molecular complexity index is 832. The minimum Gasteiger partial charge on any atom is -0.370 e. The van der Waals surface area contributed by atoms with Crippen molar-refractivity contribution in [3.05, 3.63) is 57.7 Å². The topological polar surface area (TPSA) is 52.6 Å². The molecule has 0 spiro atoms. The lowest BCUT2D eigenvalue weighted by atomic mass is 9.84. The third-order valence-corrected chi connectivity index (χ3v) is 6.23. The highest BCUT2D eigenvalue weighted by Crippen LogP contribution is 2.26. The van der Waals surface area contributed by atoms with E-state index >= 15 is 0 Å². The molecule has 0 bridgehead atoms. The van der Waals surface area contributed by atoms with Crippen LogP contribution in [0.5, 0.6) is 0 Å². The molecule has 0 N–H and O–H groups in total. The number of hydrogen-bond donors (Lipinski definition) is 0. The first-order valence-electron chi connectivity index (χ1n) is 12.1. The number of rotatable bonds is 13. The van der Waals surface area contributed by atoms with E-state index in [2.05, 4.69) is 58.9 Å². The Balaban J connectivity index is 2.55. The summed E-state index contributed by atoms with van der Waals surface area (Å²) in [4.78, 5) is 25.3. The predicted octanol–water partition coefficient (Wildman–Crippen LogP) is 7.02. The molecular formula is C29H44O4. The highest BCUT2D eigenvalue weighted by atomic mass is 16.5. The van der Waals surface area contributed by atoms with Crippen LogP contribution in [-0.4, -0.2) is 38.0 Å². The van der Waals surface area contributed by atoms with Crippen LogP contribution in [0.3, 0.4) is 0 Å². The van der Waals surface area contributed by atoms with Gasteiger partial charge < -0.3 is 9.47 Å². The third-order valence-electron chi connectivity index (χ3n) is 6.23. The number of ether oxygens (including phenoxy) is 2. The van der Waals surface area contributed by atoms with Crippen molar-refractivity contribution in [1.82, 2.24) is 0 Å². The van der Waals surface area contributed by atoms with Gasteiger partial charge in [-0.3, -0.25) is 9.59 Å². The second-order valence-corrected chi connectivity index (χ2v) is 9.40. The van der Waals surface area contributed by atoms with Crippen molar-refractivity contribution < 1.29 is 19.1 Å². The fourth-order valence-corrected chi connectivity index (χ4v) is 3.97. The molecule has 0 unspecified atom stereocenters. The molecule has 0 heterocycles. The zero-order valence-corrected chi connectivity index (χ0v) is 22.0. The summed E-state index contributed by atoms with van der Waals surface area (Å²) in [6, 6.07) is 0. The fourth-order valence-electron chi connectivity index (χ4n) is 3.97.